The van der Waals surface area contributed by atoms with Crippen LogP contribution in [0.3, 0.4) is 0 Å². The van der Waals surface area contributed by atoms with Gasteiger partial charge in [-0.2, -0.15) is 0 Å². The fourth-order valence-corrected chi connectivity index (χ4v) is 1.58. The monoisotopic (exact) mass is 217 g/mol. The van der Waals surface area contributed by atoms with E-state index >= 15 is 0 Å². The van der Waals surface area contributed by atoms with Gasteiger partial charge in [-0.15, -0.1) is 0 Å². The lowest BCUT2D eigenvalue weighted by Crippen LogP contribution is -2.39. The van der Waals surface area contributed by atoms with Crippen LogP contribution in [0.15, 0.2) is 0 Å². The van der Waals surface area contributed by atoms with Crippen molar-refractivity contribution in [2.75, 3.05) is 13.1 Å². The molecule has 1 fully saturated rings. The molecule has 0 spiro atoms. The zero-order valence-corrected chi connectivity index (χ0v) is 9.75. The number of hydrogen-bond donors (Lipinski definition) is 0. The van der Waals surface area contributed by atoms with Crippen molar-refractivity contribution in [3.8, 4) is 0 Å². The summed E-state index contributed by atoms with van der Waals surface area (Å²) in [7, 11) is 0. The molecule has 0 aromatic rings. The molecule has 1 saturated heterocycles. The molecule has 3 nitrogen and oxygen atoms in total. The van der Waals surface area contributed by atoms with Gasteiger partial charge in [-0.25, -0.2) is 9.18 Å². The number of halogens is 1. The summed E-state index contributed by atoms with van der Waals surface area (Å²) >= 11 is 0. The van der Waals surface area contributed by atoms with Crippen LogP contribution < -0.4 is 0 Å². The maximum atomic E-state index is 13.2. The second-order valence-electron chi connectivity index (χ2n) is 5.02. The smallest absolute Gasteiger partial charge is 0.410 e. The van der Waals surface area contributed by atoms with Crippen LogP contribution in [0, 0.1) is 0 Å². The summed E-state index contributed by atoms with van der Waals surface area (Å²) in [6.07, 6.45) is 0.964. The fourth-order valence-electron chi connectivity index (χ4n) is 1.58. The molecule has 1 amide bonds. The third-order valence-corrected chi connectivity index (χ3v) is 2.27. The van der Waals surface area contributed by atoms with Crippen molar-refractivity contribution in [1.29, 1.82) is 0 Å². The van der Waals surface area contributed by atoms with Crippen LogP contribution in [0.5, 0.6) is 0 Å². The van der Waals surface area contributed by atoms with Crippen LogP contribution in [0.2, 0.25) is 0 Å². The topological polar surface area (TPSA) is 29.5 Å². The van der Waals surface area contributed by atoms with E-state index in [1.165, 1.54) is 4.90 Å². The maximum Gasteiger partial charge on any atom is 0.410 e. The van der Waals surface area contributed by atoms with Gasteiger partial charge < -0.3 is 9.64 Å². The second kappa shape index (κ2) is 4.81. The van der Waals surface area contributed by atoms with Crippen LogP contribution in [0.4, 0.5) is 9.18 Å². The van der Waals surface area contributed by atoms with E-state index in [4.69, 9.17) is 4.74 Å². The van der Waals surface area contributed by atoms with Crippen LogP contribution in [0.1, 0.15) is 40.0 Å². The highest BCUT2D eigenvalue weighted by Gasteiger charge is 2.25. The first kappa shape index (κ1) is 12.3. The van der Waals surface area contributed by atoms with Gasteiger partial charge in [0.1, 0.15) is 11.8 Å². The Morgan fingerprint density at radius 2 is 2.07 bits per heavy atom. The maximum absolute atomic E-state index is 13.2. The average Bonchev–Trinajstić information content (AvgIpc) is 2.26. The van der Waals surface area contributed by atoms with E-state index in [1.807, 2.05) is 20.8 Å². The summed E-state index contributed by atoms with van der Waals surface area (Å²) in [5.74, 6) is 0. The van der Waals surface area contributed by atoms with Gasteiger partial charge in [0.05, 0.1) is 6.54 Å². The average molecular weight is 217 g/mol. The van der Waals surface area contributed by atoms with Crippen LogP contribution >= 0.6 is 0 Å². The fraction of sp³-hybridized carbons (Fsp3) is 0.909. The molecule has 1 aliphatic heterocycles. The van der Waals surface area contributed by atoms with Gasteiger partial charge in [-0.1, -0.05) is 0 Å². The summed E-state index contributed by atoms with van der Waals surface area (Å²) < 4.78 is 18.4. The molecule has 0 bridgehead atoms. The predicted octanol–water partition coefficient (Wildman–Crippen LogP) is 2.75. The molecule has 0 aliphatic carbocycles. The van der Waals surface area contributed by atoms with Crippen molar-refractivity contribution in [3.05, 3.63) is 0 Å². The summed E-state index contributed by atoms with van der Waals surface area (Å²) in [4.78, 5) is 13.1. The Kier molecular flexibility index (Phi) is 3.94. The van der Waals surface area contributed by atoms with Crippen LogP contribution in [-0.4, -0.2) is 35.9 Å². The molecule has 15 heavy (non-hydrogen) atoms. The van der Waals surface area contributed by atoms with E-state index in [1.54, 1.807) is 0 Å². The highest BCUT2D eigenvalue weighted by Crippen LogP contribution is 2.16. The lowest BCUT2D eigenvalue weighted by molar-refractivity contribution is 0.0221. The van der Waals surface area contributed by atoms with E-state index in [2.05, 4.69) is 0 Å². The lowest BCUT2D eigenvalue weighted by Gasteiger charge is -2.26. The highest BCUT2D eigenvalue weighted by atomic mass is 19.1. The Bertz CT molecular complexity index is 225. The molecule has 1 rings (SSSR count). The molecule has 4 heteroatoms. The molecule has 1 aliphatic rings. The Morgan fingerprint density at radius 1 is 1.40 bits per heavy atom. The minimum atomic E-state index is -0.903. The van der Waals surface area contributed by atoms with Crippen molar-refractivity contribution in [3.63, 3.8) is 0 Å². The predicted molar refractivity (Wildman–Crippen MR) is 56.6 cm³/mol. The zero-order valence-electron chi connectivity index (χ0n) is 9.75. The summed E-state index contributed by atoms with van der Waals surface area (Å²) in [5, 5.41) is 0. The van der Waals surface area contributed by atoms with E-state index < -0.39 is 17.9 Å². The lowest BCUT2D eigenvalue weighted by atomic mass is 10.2. The number of likely N-dealkylation sites (tertiary alicyclic amines) is 1. The number of nitrogens with zero attached hydrogens (tertiary/aromatic N) is 1. The molecule has 1 atom stereocenters. The first-order valence-corrected chi connectivity index (χ1v) is 5.50. The van der Waals surface area contributed by atoms with Crippen molar-refractivity contribution >= 4 is 6.09 Å². The molecular weight excluding hydrogens is 197 g/mol. The van der Waals surface area contributed by atoms with Crippen LogP contribution in [0.25, 0.3) is 0 Å². The SMILES string of the molecule is CC(C)(C)OC(=O)N1CCCCC(F)C1. The van der Waals surface area contributed by atoms with Gasteiger partial charge in [-0.3, -0.25) is 0 Å². The van der Waals surface area contributed by atoms with Gasteiger partial charge in [-0.05, 0) is 40.0 Å². The van der Waals surface area contributed by atoms with E-state index in [-0.39, 0.29) is 6.54 Å². The molecule has 0 aromatic heterocycles. The Morgan fingerprint density at radius 3 is 2.67 bits per heavy atom. The van der Waals surface area contributed by atoms with Crippen molar-refractivity contribution < 1.29 is 13.9 Å². The van der Waals surface area contributed by atoms with E-state index in [0.717, 1.165) is 12.8 Å². The van der Waals surface area contributed by atoms with Gasteiger partial charge in [0, 0.05) is 6.54 Å². The number of amides is 1. The van der Waals surface area contributed by atoms with Crippen molar-refractivity contribution in [2.24, 2.45) is 0 Å². The van der Waals surface area contributed by atoms with Gasteiger partial charge >= 0.3 is 6.09 Å². The summed E-state index contributed by atoms with van der Waals surface area (Å²) in [5.41, 5.74) is -0.505. The number of alkyl halides is 1. The first-order valence-electron chi connectivity index (χ1n) is 5.50. The van der Waals surface area contributed by atoms with E-state index in [0.29, 0.717) is 13.0 Å². The summed E-state index contributed by atoms with van der Waals surface area (Å²) in [6.45, 7) is 6.23. The van der Waals surface area contributed by atoms with Gasteiger partial charge in [0.2, 0.25) is 0 Å². The highest BCUT2D eigenvalue weighted by molar-refractivity contribution is 5.68. The summed E-state index contributed by atoms with van der Waals surface area (Å²) in [6, 6.07) is 0. The van der Waals surface area contributed by atoms with Crippen LogP contribution in [-0.2, 0) is 4.74 Å². The van der Waals surface area contributed by atoms with Crippen molar-refractivity contribution in [2.45, 2.75) is 51.8 Å². The molecular formula is C11H20FNO2. The number of rotatable bonds is 0. The number of carbonyl (C=O) groups is 1. The normalized spacial score (nSPS) is 23.5. The molecule has 0 N–H and O–H groups in total. The molecule has 1 unspecified atom stereocenters. The molecule has 88 valence electrons. The first-order chi connectivity index (χ1) is 6.88. The Labute approximate surface area is 90.6 Å². The number of ether oxygens (including phenoxy) is 1. The second-order valence-corrected chi connectivity index (χ2v) is 5.02. The molecule has 1 heterocycles. The standard InChI is InChI=1S/C11H20FNO2/c1-11(2,3)15-10(14)13-7-5-4-6-9(12)8-13/h9H,4-8H2,1-3H3. The van der Waals surface area contributed by atoms with Gasteiger partial charge in [0.25, 0.3) is 0 Å². The van der Waals surface area contributed by atoms with Gasteiger partial charge in [0.15, 0.2) is 0 Å². The number of hydrogen-bond acceptors (Lipinski definition) is 2. The largest absolute Gasteiger partial charge is 0.444 e. The third kappa shape index (κ3) is 4.49. The zero-order chi connectivity index (χ0) is 11.5. The minimum absolute atomic E-state index is 0.176. The Hall–Kier alpha value is -0.800. The Balaban J connectivity index is 2.50. The quantitative estimate of drug-likeness (QED) is 0.624. The third-order valence-electron chi connectivity index (χ3n) is 2.27. The molecule has 0 radical (unpaired) electrons. The van der Waals surface area contributed by atoms with Crippen molar-refractivity contribution in [1.82, 2.24) is 4.90 Å². The number of carbonyl (C=O) groups excluding carboxylic acids is 1. The van der Waals surface area contributed by atoms with E-state index in [9.17, 15) is 9.18 Å². The molecule has 0 saturated carbocycles. The minimum Gasteiger partial charge on any atom is -0.444 e. The molecule has 0 aromatic carbocycles.